The number of rotatable bonds is 5. The van der Waals surface area contributed by atoms with E-state index in [9.17, 15) is 14.3 Å². The molecule has 1 N–H and O–H groups in total. The van der Waals surface area contributed by atoms with Crippen molar-refractivity contribution in [1.29, 1.82) is 0 Å². The van der Waals surface area contributed by atoms with Crippen molar-refractivity contribution in [3.8, 4) is 0 Å². The van der Waals surface area contributed by atoms with Gasteiger partial charge in [-0.3, -0.25) is 9.78 Å². The Morgan fingerprint density at radius 3 is 2.61 bits per heavy atom. The molecule has 0 aliphatic carbocycles. The van der Waals surface area contributed by atoms with Crippen LogP contribution < -0.4 is 0 Å². The normalized spacial score (nSPS) is 19.0. The van der Waals surface area contributed by atoms with E-state index in [1.54, 1.807) is 12.1 Å². The SMILES string of the molecule is CCc1ccc2nc(C)cc(C(=O)N3CCCC(CO)(Cc4ccc(F)cc4)C3)c2c1. The van der Waals surface area contributed by atoms with Crippen LogP contribution >= 0.6 is 0 Å². The first kappa shape index (κ1) is 21.4. The summed E-state index contributed by atoms with van der Waals surface area (Å²) in [6.07, 6.45) is 3.17. The average molecular weight is 421 g/mol. The molecule has 1 amide bonds. The molecule has 1 saturated heterocycles. The maximum atomic E-state index is 13.6. The molecule has 1 aliphatic rings. The predicted octanol–water partition coefficient (Wildman–Crippen LogP) is 4.70. The second-order valence-corrected chi connectivity index (χ2v) is 8.81. The van der Waals surface area contributed by atoms with E-state index in [1.165, 1.54) is 17.7 Å². The van der Waals surface area contributed by atoms with Crippen LogP contribution in [0.4, 0.5) is 4.39 Å². The molecule has 1 unspecified atom stereocenters. The molecular weight excluding hydrogens is 391 g/mol. The molecule has 2 aromatic carbocycles. The van der Waals surface area contributed by atoms with Crippen LogP contribution in [0.5, 0.6) is 0 Å². The zero-order chi connectivity index (χ0) is 22.0. The van der Waals surface area contributed by atoms with Crippen molar-refractivity contribution < 1.29 is 14.3 Å². The molecule has 162 valence electrons. The molecule has 1 aromatic heterocycles. The highest BCUT2D eigenvalue weighted by atomic mass is 19.1. The van der Waals surface area contributed by atoms with Gasteiger partial charge >= 0.3 is 0 Å². The second-order valence-electron chi connectivity index (χ2n) is 8.81. The molecule has 4 nitrogen and oxygen atoms in total. The summed E-state index contributed by atoms with van der Waals surface area (Å²) in [4.78, 5) is 20.1. The maximum Gasteiger partial charge on any atom is 0.254 e. The molecule has 2 heterocycles. The number of pyridine rings is 1. The monoisotopic (exact) mass is 420 g/mol. The first-order chi connectivity index (χ1) is 14.9. The topological polar surface area (TPSA) is 53.4 Å². The maximum absolute atomic E-state index is 13.6. The summed E-state index contributed by atoms with van der Waals surface area (Å²) in [5.74, 6) is -0.283. The number of likely N-dealkylation sites (tertiary alicyclic amines) is 1. The van der Waals surface area contributed by atoms with Gasteiger partial charge < -0.3 is 10.0 Å². The van der Waals surface area contributed by atoms with Crippen LogP contribution in [0, 0.1) is 18.2 Å². The fourth-order valence-electron chi connectivity index (χ4n) is 4.72. The number of halogens is 1. The van der Waals surface area contributed by atoms with Crippen LogP contribution in [0.2, 0.25) is 0 Å². The Bertz CT molecular complexity index is 1100. The van der Waals surface area contributed by atoms with Crippen LogP contribution in [-0.4, -0.2) is 40.6 Å². The molecule has 1 fully saturated rings. The first-order valence-electron chi connectivity index (χ1n) is 11.0. The fraction of sp³-hybridized carbons (Fsp3) is 0.385. The zero-order valence-corrected chi connectivity index (χ0v) is 18.2. The third kappa shape index (κ3) is 4.47. The van der Waals surface area contributed by atoms with Crippen molar-refractivity contribution in [2.45, 2.75) is 39.5 Å². The summed E-state index contributed by atoms with van der Waals surface area (Å²) < 4.78 is 13.3. The van der Waals surface area contributed by atoms with E-state index in [1.807, 2.05) is 24.0 Å². The molecule has 0 saturated carbocycles. The number of fused-ring (bicyclic) bond motifs is 1. The van der Waals surface area contributed by atoms with Crippen LogP contribution in [-0.2, 0) is 12.8 Å². The van der Waals surface area contributed by atoms with E-state index in [0.717, 1.165) is 41.4 Å². The number of carbonyl (C=O) groups excluding carboxylic acids is 1. The lowest BCUT2D eigenvalue weighted by molar-refractivity contribution is 0.0273. The van der Waals surface area contributed by atoms with Crippen molar-refractivity contribution in [1.82, 2.24) is 9.88 Å². The number of aliphatic hydroxyl groups is 1. The highest BCUT2D eigenvalue weighted by Crippen LogP contribution is 2.35. The van der Waals surface area contributed by atoms with Gasteiger partial charge in [0, 0.05) is 29.6 Å². The van der Waals surface area contributed by atoms with E-state index in [4.69, 9.17) is 0 Å². The third-order valence-corrected chi connectivity index (χ3v) is 6.42. The van der Waals surface area contributed by atoms with Crippen LogP contribution in [0.1, 0.15) is 46.9 Å². The number of nitrogens with zero attached hydrogens (tertiary/aromatic N) is 2. The van der Waals surface area contributed by atoms with Crippen LogP contribution in [0.3, 0.4) is 0 Å². The number of hydrogen-bond donors (Lipinski definition) is 1. The summed E-state index contributed by atoms with van der Waals surface area (Å²) in [6.45, 7) is 5.15. The molecule has 1 aliphatic heterocycles. The molecule has 0 bridgehead atoms. The largest absolute Gasteiger partial charge is 0.396 e. The first-order valence-corrected chi connectivity index (χ1v) is 11.0. The average Bonchev–Trinajstić information content (AvgIpc) is 2.79. The van der Waals surface area contributed by atoms with Crippen molar-refractivity contribution in [2.24, 2.45) is 5.41 Å². The number of benzene rings is 2. The summed E-state index contributed by atoms with van der Waals surface area (Å²) in [5, 5.41) is 11.2. The van der Waals surface area contributed by atoms with Gasteiger partial charge in [0.1, 0.15) is 5.82 Å². The molecule has 1 atom stereocenters. The van der Waals surface area contributed by atoms with Crippen molar-refractivity contribution in [3.63, 3.8) is 0 Å². The van der Waals surface area contributed by atoms with Gasteiger partial charge in [0.15, 0.2) is 0 Å². The zero-order valence-electron chi connectivity index (χ0n) is 18.2. The van der Waals surface area contributed by atoms with Gasteiger partial charge in [0.25, 0.3) is 5.91 Å². The molecular formula is C26H29FN2O2. The lowest BCUT2D eigenvalue weighted by Gasteiger charge is -2.42. The number of carbonyl (C=O) groups is 1. The highest BCUT2D eigenvalue weighted by Gasteiger charge is 2.37. The Hall–Kier alpha value is -2.79. The van der Waals surface area contributed by atoms with Crippen molar-refractivity contribution >= 4 is 16.8 Å². The Morgan fingerprint density at radius 1 is 1.16 bits per heavy atom. The Kier molecular flexibility index (Phi) is 6.05. The standard InChI is InChI=1S/C26H29FN2O2/c1-3-19-7-10-24-22(14-19)23(13-18(2)28-24)25(31)29-12-4-11-26(16-29,17-30)15-20-5-8-21(27)9-6-20/h5-10,13-14,30H,3-4,11-12,15-17H2,1-2H3. The van der Waals surface area contributed by atoms with E-state index in [-0.39, 0.29) is 18.3 Å². The van der Waals surface area contributed by atoms with E-state index >= 15 is 0 Å². The smallest absolute Gasteiger partial charge is 0.254 e. The molecule has 31 heavy (non-hydrogen) atoms. The minimum absolute atomic E-state index is 0.00966. The van der Waals surface area contributed by atoms with Gasteiger partial charge in [0.2, 0.25) is 0 Å². The summed E-state index contributed by atoms with van der Waals surface area (Å²) >= 11 is 0. The van der Waals surface area contributed by atoms with Gasteiger partial charge in [-0.05, 0) is 74.1 Å². The summed E-state index contributed by atoms with van der Waals surface area (Å²) in [7, 11) is 0. The van der Waals surface area contributed by atoms with Gasteiger partial charge in [-0.15, -0.1) is 0 Å². The highest BCUT2D eigenvalue weighted by molar-refractivity contribution is 6.06. The number of aromatic nitrogens is 1. The number of amides is 1. The number of aliphatic hydroxyl groups excluding tert-OH is 1. The molecule has 0 spiro atoms. The predicted molar refractivity (Wildman–Crippen MR) is 121 cm³/mol. The van der Waals surface area contributed by atoms with E-state index in [2.05, 4.69) is 24.0 Å². The van der Waals surface area contributed by atoms with Crippen LogP contribution in [0.15, 0.2) is 48.5 Å². The van der Waals surface area contributed by atoms with Gasteiger partial charge in [-0.2, -0.15) is 0 Å². The molecule has 4 rings (SSSR count). The van der Waals surface area contributed by atoms with Crippen LogP contribution in [0.25, 0.3) is 10.9 Å². The number of piperidine rings is 1. The van der Waals surface area contributed by atoms with E-state index < -0.39 is 5.41 Å². The molecule has 5 heteroatoms. The number of aryl methyl sites for hydroxylation is 2. The lowest BCUT2D eigenvalue weighted by Crippen LogP contribution is -2.49. The summed E-state index contributed by atoms with van der Waals surface area (Å²) in [5.41, 5.74) is 4.05. The number of hydrogen-bond acceptors (Lipinski definition) is 3. The van der Waals surface area contributed by atoms with Gasteiger partial charge in [0.05, 0.1) is 17.7 Å². The minimum atomic E-state index is -0.418. The molecule has 0 radical (unpaired) electrons. The van der Waals surface area contributed by atoms with Crippen molar-refractivity contribution in [2.75, 3.05) is 19.7 Å². The fourth-order valence-corrected chi connectivity index (χ4v) is 4.72. The Morgan fingerprint density at radius 2 is 1.90 bits per heavy atom. The Balaban J connectivity index is 1.65. The quantitative estimate of drug-likeness (QED) is 0.651. The lowest BCUT2D eigenvalue weighted by atomic mass is 9.75. The van der Waals surface area contributed by atoms with Gasteiger partial charge in [-0.1, -0.05) is 25.1 Å². The van der Waals surface area contributed by atoms with Crippen molar-refractivity contribution in [3.05, 3.63) is 76.7 Å². The van der Waals surface area contributed by atoms with E-state index in [0.29, 0.717) is 25.1 Å². The third-order valence-electron chi connectivity index (χ3n) is 6.42. The Labute approximate surface area is 182 Å². The molecule has 3 aromatic rings. The summed E-state index contributed by atoms with van der Waals surface area (Å²) in [6, 6.07) is 14.4. The minimum Gasteiger partial charge on any atom is -0.396 e. The second kappa shape index (κ2) is 8.75. The van der Waals surface area contributed by atoms with Gasteiger partial charge in [-0.25, -0.2) is 4.39 Å².